The second kappa shape index (κ2) is 4.92. The molecule has 0 unspecified atom stereocenters. The van der Waals surface area contributed by atoms with Crippen LogP contribution in [0.4, 0.5) is 5.69 Å². The van der Waals surface area contributed by atoms with E-state index in [2.05, 4.69) is 15.3 Å². The molecule has 5 heteroatoms. The lowest BCUT2D eigenvalue weighted by molar-refractivity contribution is -0.119. The highest BCUT2D eigenvalue weighted by Crippen LogP contribution is 2.25. The van der Waals surface area contributed by atoms with Gasteiger partial charge in [-0.1, -0.05) is 12.8 Å². The predicted octanol–water partition coefficient (Wildman–Crippen LogP) is 1.61. The van der Waals surface area contributed by atoms with Crippen molar-refractivity contribution in [1.82, 2.24) is 9.97 Å². The van der Waals surface area contributed by atoms with Gasteiger partial charge < -0.3 is 10.1 Å². The van der Waals surface area contributed by atoms with E-state index in [1.807, 2.05) is 0 Å². The Kier molecular flexibility index (Phi) is 3.34. The van der Waals surface area contributed by atoms with Crippen molar-refractivity contribution in [2.75, 3.05) is 12.4 Å². The second-order valence-electron chi connectivity index (χ2n) is 3.93. The van der Waals surface area contributed by atoms with E-state index in [1.165, 1.54) is 7.11 Å². The number of rotatable bonds is 3. The number of methoxy groups -OCH3 is 1. The van der Waals surface area contributed by atoms with Gasteiger partial charge in [0, 0.05) is 5.92 Å². The molecule has 16 heavy (non-hydrogen) atoms. The van der Waals surface area contributed by atoms with Crippen LogP contribution in [0.2, 0.25) is 0 Å². The first-order chi connectivity index (χ1) is 7.79. The maximum atomic E-state index is 11.8. The molecule has 1 aliphatic rings. The van der Waals surface area contributed by atoms with Gasteiger partial charge in [-0.2, -0.15) is 0 Å². The fourth-order valence-electron chi connectivity index (χ4n) is 1.92. The third-order valence-corrected chi connectivity index (χ3v) is 2.80. The van der Waals surface area contributed by atoms with Crippen molar-refractivity contribution < 1.29 is 9.53 Å². The van der Waals surface area contributed by atoms with Crippen LogP contribution in [0.1, 0.15) is 25.7 Å². The van der Waals surface area contributed by atoms with Crippen LogP contribution >= 0.6 is 0 Å². The molecule has 5 nitrogen and oxygen atoms in total. The summed E-state index contributed by atoms with van der Waals surface area (Å²) >= 11 is 0. The van der Waals surface area contributed by atoms with Crippen LogP contribution in [0.25, 0.3) is 0 Å². The van der Waals surface area contributed by atoms with Gasteiger partial charge in [-0.05, 0) is 12.8 Å². The molecule has 0 saturated heterocycles. The molecule has 1 aromatic heterocycles. The van der Waals surface area contributed by atoms with Gasteiger partial charge in [0.25, 0.3) is 0 Å². The van der Waals surface area contributed by atoms with Crippen LogP contribution in [-0.4, -0.2) is 23.0 Å². The number of ether oxygens (including phenoxy) is 1. The number of aromatic nitrogens is 2. The number of nitrogens with one attached hydrogen (secondary N) is 1. The number of anilines is 1. The van der Waals surface area contributed by atoms with Crippen LogP contribution in [0.15, 0.2) is 12.4 Å². The van der Waals surface area contributed by atoms with Gasteiger partial charge in [-0.25, -0.2) is 9.97 Å². The number of carbonyl (C=O) groups excluding carboxylic acids is 1. The van der Waals surface area contributed by atoms with Gasteiger partial charge in [0.2, 0.25) is 5.91 Å². The summed E-state index contributed by atoms with van der Waals surface area (Å²) in [5, 5.41) is 2.82. The Morgan fingerprint density at radius 2 is 2.00 bits per heavy atom. The number of nitrogens with zero attached hydrogens (tertiary/aromatic N) is 2. The largest absolute Gasteiger partial charge is 0.467 e. The van der Waals surface area contributed by atoms with E-state index in [0.29, 0.717) is 11.7 Å². The third-order valence-electron chi connectivity index (χ3n) is 2.80. The van der Waals surface area contributed by atoms with Crippen LogP contribution in [0, 0.1) is 5.92 Å². The Morgan fingerprint density at radius 1 is 1.38 bits per heavy atom. The highest BCUT2D eigenvalue weighted by atomic mass is 16.5. The van der Waals surface area contributed by atoms with Crippen molar-refractivity contribution >= 4 is 11.6 Å². The molecule has 1 aliphatic carbocycles. The van der Waals surface area contributed by atoms with Crippen LogP contribution in [-0.2, 0) is 4.79 Å². The monoisotopic (exact) mass is 221 g/mol. The Bertz CT molecular complexity index is 358. The fraction of sp³-hybridized carbons (Fsp3) is 0.545. The molecule has 0 atom stereocenters. The van der Waals surface area contributed by atoms with E-state index in [1.54, 1.807) is 12.4 Å². The molecule has 0 spiro atoms. The molecule has 2 rings (SSSR count). The normalized spacial score (nSPS) is 16.1. The minimum atomic E-state index is 0.0752. The molecule has 0 radical (unpaired) electrons. The molecule has 1 saturated carbocycles. The van der Waals surface area contributed by atoms with Crippen molar-refractivity contribution in [3.63, 3.8) is 0 Å². The lowest BCUT2D eigenvalue weighted by Gasteiger charge is -2.09. The standard InChI is InChI=1S/C11H15N3O2/c1-16-11-12-6-9(7-13-11)14-10(15)8-4-2-3-5-8/h6-8H,2-5H2,1H3,(H,14,15). The summed E-state index contributed by atoms with van der Waals surface area (Å²) in [6.07, 6.45) is 7.39. The maximum absolute atomic E-state index is 11.8. The summed E-state index contributed by atoms with van der Waals surface area (Å²) in [5.74, 6) is 0.230. The quantitative estimate of drug-likeness (QED) is 0.842. The average Bonchev–Trinajstić information content (AvgIpc) is 2.83. The van der Waals surface area contributed by atoms with E-state index in [4.69, 9.17) is 4.74 Å². The highest BCUT2D eigenvalue weighted by molar-refractivity contribution is 5.92. The van der Waals surface area contributed by atoms with E-state index in [9.17, 15) is 4.79 Å². The van der Waals surface area contributed by atoms with Gasteiger partial charge in [0.15, 0.2) is 0 Å². The highest BCUT2D eigenvalue weighted by Gasteiger charge is 2.22. The molecule has 0 aliphatic heterocycles. The van der Waals surface area contributed by atoms with E-state index < -0.39 is 0 Å². The first-order valence-electron chi connectivity index (χ1n) is 5.46. The van der Waals surface area contributed by atoms with Gasteiger partial charge in [-0.3, -0.25) is 4.79 Å². The number of carbonyl (C=O) groups is 1. The van der Waals surface area contributed by atoms with Gasteiger partial charge in [0.1, 0.15) is 0 Å². The summed E-state index contributed by atoms with van der Waals surface area (Å²) in [4.78, 5) is 19.6. The Hall–Kier alpha value is -1.65. The van der Waals surface area contributed by atoms with Crippen molar-refractivity contribution in [3.05, 3.63) is 12.4 Å². The van der Waals surface area contributed by atoms with Gasteiger partial charge >= 0.3 is 6.01 Å². The smallest absolute Gasteiger partial charge is 0.316 e. The molecular formula is C11H15N3O2. The molecule has 1 amide bonds. The summed E-state index contributed by atoms with van der Waals surface area (Å²) in [6.45, 7) is 0. The molecule has 86 valence electrons. The Labute approximate surface area is 94.2 Å². The van der Waals surface area contributed by atoms with E-state index >= 15 is 0 Å². The lowest BCUT2D eigenvalue weighted by Crippen LogP contribution is -2.20. The summed E-state index contributed by atoms with van der Waals surface area (Å²) < 4.78 is 4.84. The first-order valence-corrected chi connectivity index (χ1v) is 5.46. The minimum absolute atomic E-state index is 0.0752. The third kappa shape index (κ3) is 2.48. The van der Waals surface area contributed by atoms with Crippen molar-refractivity contribution in [1.29, 1.82) is 0 Å². The predicted molar refractivity (Wildman–Crippen MR) is 59.2 cm³/mol. The molecular weight excluding hydrogens is 206 g/mol. The lowest BCUT2D eigenvalue weighted by atomic mass is 10.1. The molecule has 1 fully saturated rings. The SMILES string of the molecule is COc1ncc(NC(=O)C2CCCC2)cn1. The van der Waals surface area contributed by atoms with Crippen LogP contribution in [0.3, 0.4) is 0 Å². The summed E-state index contributed by atoms with van der Waals surface area (Å²) in [5.41, 5.74) is 0.623. The number of amides is 1. The summed E-state index contributed by atoms with van der Waals surface area (Å²) in [7, 11) is 1.51. The zero-order valence-electron chi connectivity index (χ0n) is 9.27. The molecule has 0 aromatic carbocycles. The zero-order chi connectivity index (χ0) is 11.4. The Balaban J connectivity index is 1.94. The molecule has 1 N–H and O–H groups in total. The zero-order valence-corrected chi connectivity index (χ0v) is 9.27. The van der Waals surface area contributed by atoms with Crippen LogP contribution in [0.5, 0.6) is 6.01 Å². The van der Waals surface area contributed by atoms with E-state index in [-0.39, 0.29) is 11.8 Å². The fourth-order valence-corrected chi connectivity index (χ4v) is 1.92. The average molecular weight is 221 g/mol. The van der Waals surface area contributed by atoms with Crippen LogP contribution < -0.4 is 10.1 Å². The molecule has 1 aromatic rings. The Morgan fingerprint density at radius 3 is 2.56 bits per heavy atom. The number of hydrogen-bond acceptors (Lipinski definition) is 4. The van der Waals surface area contributed by atoms with Gasteiger partial charge in [-0.15, -0.1) is 0 Å². The number of hydrogen-bond donors (Lipinski definition) is 1. The van der Waals surface area contributed by atoms with Crippen molar-refractivity contribution in [3.8, 4) is 6.01 Å². The molecule has 1 heterocycles. The van der Waals surface area contributed by atoms with Crippen molar-refractivity contribution in [2.45, 2.75) is 25.7 Å². The van der Waals surface area contributed by atoms with Crippen molar-refractivity contribution in [2.24, 2.45) is 5.92 Å². The second-order valence-corrected chi connectivity index (χ2v) is 3.93. The minimum Gasteiger partial charge on any atom is -0.467 e. The first kappa shape index (κ1) is 10.9. The van der Waals surface area contributed by atoms with Gasteiger partial charge in [0.05, 0.1) is 25.2 Å². The van der Waals surface area contributed by atoms with E-state index in [0.717, 1.165) is 25.7 Å². The topological polar surface area (TPSA) is 64.1 Å². The summed E-state index contributed by atoms with van der Waals surface area (Å²) in [6, 6.07) is 0.305. The maximum Gasteiger partial charge on any atom is 0.316 e. The molecule has 0 bridgehead atoms.